The van der Waals surface area contributed by atoms with Gasteiger partial charge in [0.15, 0.2) is 0 Å². The zero-order valence-electron chi connectivity index (χ0n) is 13.9. The van der Waals surface area contributed by atoms with Crippen LogP contribution in [0, 0.1) is 6.92 Å². The second kappa shape index (κ2) is 6.17. The summed E-state index contributed by atoms with van der Waals surface area (Å²) < 4.78 is 9.87. The first-order valence-corrected chi connectivity index (χ1v) is 7.97. The maximum atomic E-state index is 12.8. The monoisotopic (exact) mass is 342 g/mol. The van der Waals surface area contributed by atoms with E-state index in [1.807, 2.05) is 24.3 Å². The number of hydrazine groups is 1. The lowest BCUT2D eigenvalue weighted by molar-refractivity contribution is -0.137. The van der Waals surface area contributed by atoms with Gasteiger partial charge in [-0.3, -0.25) is 9.80 Å². The number of aromatic nitrogens is 2. The molecule has 0 radical (unpaired) electrons. The average molecular weight is 342 g/mol. The van der Waals surface area contributed by atoms with E-state index < -0.39 is 0 Å². The van der Waals surface area contributed by atoms with Crippen molar-refractivity contribution in [3.05, 3.63) is 41.2 Å². The third-order valence-corrected chi connectivity index (χ3v) is 4.52. The van der Waals surface area contributed by atoms with Gasteiger partial charge >= 0.3 is 0 Å². The smallest absolute Gasteiger partial charge is 0.267 e. The maximum Gasteiger partial charge on any atom is 0.267 e. The van der Waals surface area contributed by atoms with Gasteiger partial charge in [0.05, 0.1) is 19.7 Å². The number of nitrogens with one attached hydrogen (secondary N) is 1. The number of hydrogen-bond acceptors (Lipinski definition) is 8. The van der Waals surface area contributed by atoms with Crippen molar-refractivity contribution in [2.45, 2.75) is 32.0 Å². The molecule has 9 heteroatoms. The maximum absolute atomic E-state index is 12.8. The Labute approximate surface area is 144 Å². The Morgan fingerprint density at radius 3 is 2.80 bits per heavy atom. The van der Waals surface area contributed by atoms with Crippen LogP contribution in [0.15, 0.2) is 34.0 Å². The predicted molar refractivity (Wildman–Crippen MR) is 87.2 cm³/mol. The zero-order chi connectivity index (χ0) is 17.4. The van der Waals surface area contributed by atoms with Gasteiger partial charge in [0.25, 0.3) is 5.91 Å². The van der Waals surface area contributed by atoms with E-state index in [1.165, 1.54) is 5.01 Å². The first-order valence-electron chi connectivity index (χ1n) is 7.97. The Balaban J connectivity index is 1.48. The molecule has 0 aliphatic carbocycles. The van der Waals surface area contributed by atoms with Gasteiger partial charge in [0, 0.05) is 0 Å². The summed E-state index contributed by atoms with van der Waals surface area (Å²) in [6.07, 6.45) is 2.29. The molecule has 1 fully saturated rings. The SMILES string of the molecule is COc1ccc(C2CC3C(=O)N(Cc4nonc4C)N=CN3N2)cc1. The van der Waals surface area contributed by atoms with E-state index in [0.29, 0.717) is 17.8 Å². The number of amides is 1. The third kappa shape index (κ3) is 2.82. The molecule has 1 saturated heterocycles. The number of nitrogens with zero attached hydrogens (tertiary/aromatic N) is 5. The van der Waals surface area contributed by atoms with E-state index in [-0.39, 0.29) is 24.5 Å². The van der Waals surface area contributed by atoms with Crippen molar-refractivity contribution in [1.29, 1.82) is 0 Å². The van der Waals surface area contributed by atoms with Gasteiger partial charge in [-0.2, -0.15) is 5.10 Å². The summed E-state index contributed by atoms with van der Waals surface area (Å²) in [5.74, 6) is 0.730. The molecule has 0 saturated carbocycles. The topological polar surface area (TPSA) is 96.1 Å². The van der Waals surface area contributed by atoms with E-state index in [0.717, 1.165) is 11.3 Å². The van der Waals surface area contributed by atoms with Crippen molar-refractivity contribution < 1.29 is 14.2 Å². The van der Waals surface area contributed by atoms with E-state index in [2.05, 4.69) is 25.5 Å². The molecule has 2 unspecified atom stereocenters. The highest BCUT2D eigenvalue weighted by molar-refractivity contribution is 5.87. The van der Waals surface area contributed by atoms with E-state index in [1.54, 1.807) is 25.4 Å². The van der Waals surface area contributed by atoms with Crippen LogP contribution in [-0.2, 0) is 11.3 Å². The Morgan fingerprint density at radius 1 is 1.32 bits per heavy atom. The molecule has 2 atom stereocenters. The lowest BCUT2D eigenvalue weighted by atomic mass is 10.0. The van der Waals surface area contributed by atoms with Crippen LogP contribution in [0.2, 0.25) is 0 Å². The number of carbonyl (C=O) groups is 1. The summed E-state index contributed by atoms with van der Waals surface area (Å²) in [5, 5.41) is 14.9. The van der Waals surface area contributed by atoms with E-state index >= 15 is 0 Å². The molecule has 0 bridgehead atoms. The molecule has 2 aromatic rings. The van der Waals surface area contributed by atoms with E-state index in [4.69, 9.17) is 4.74 Å². The summed E-state index contributed by atoms with van der Waals surface area (Å²) >= 11 is 0. The fraction of sp³-hybridized carbons (Fsp3) is 0.375. The van der Waals surface area contributed by atoms with Crippen LogP contribution in [0.4, 0.5) is 0 Å². The summed E-state index contributed by atoms with van der Waals surface area (Å²) in [4.78, 5) is 12.8. The van der Waals surface area contributed by atoms with Crippen LogP contribution in [0.5, 0.6) is 5.75 Å². The van der Waals surface area contributed by atoms with Gasteiger partial charge in [-0.05, 0) is 31.0 Å². The van der Waals surface area contributed by atoms with Crippen molar-refractivity contribution >= 4 is 12.2 Å². The number of aryl methyl sites for hydroxylation is 1. The van der Waals surface area contributed by atoms with Gasteiger partial charge < -0.3 is 4.74 Å². The lowest BCUT2D eigenvalue weighted by Gasteiger charge is -2.29. The number of ether oxygens (including phenoxy) is 1. The van der Waals surface area contributed by atoms with Gasteiger partial charge in [-0.15, -0.1) is 0 Å². The standard InChI is InChI=1S/C16H18N6O3/c1-10-14(20-25-19-10)8-21-16(23)15-7-13(18-22(15)9-17-21)11-3-5-12(24-2)6-4-11/h3-6,9,13,15,18H,7-8H2,1-2H3. The minimum atomic E-state index is -0.301. The Bertz CT molecular complexity index is 802. The number of rotatable bonds is 4. The highest BCUT2D eigenvalue weighted by atomic mass is 16.6. The van der Waals surface area contributed by atoms with Crippen LogP contribution in [0.3, 0.4) is 0 Å². The molecule has 9 nitrogen and oxygen atoms in total. The Kier molecular flexibility index (Phi) is 3.85. The summed E-state index contributed by atoms with van der Waals surface area (Å²) in [6, 6.07) is 7.57. The van der Waals surface area contributed by atoms with Crippen molar-refractivity contribution in [3.63, 3.8) is 0 Å². The summed E-state index contributed by atoms with van der Waals surface area (Å²) in [7, 11) is 1.64. The molecule has 130 valence electrons. The summed E-state index contributed by atoms with van der Waals surface area (Å²) in [5.41, 5.74) is 5.68. The minimum absolute atomic E-state index is 0.0432. The van der Waals surface area contributed by atoms with Gasteiger partial charge in [0.1, 0.15) is 29.5 Å². The normalized spacial score (nSPS) is 22.4. The zero-order valence-corrected chi connectivity index (χ0v) is 13.9. The molecule has 25 heavy (non-hydrogen) atoms. The highest BCUT2D eigenvalue weighted by Gasteiger charge is 2.41. The second-order valence-electron chi connectivity index (χ2n) is 6.04. The van der Waals surface area contributed by atoms with Gasteiger partial charge in [-0.25, -0.2) is 15.1 Å². The van der Waals surface area contributed by atoms with Crippen LogP contribution >= 0.6 is 0 Å². The molecule has 4 rings (SSSR count). The minimum Gasteiger partial charge on any atom is -0.497 e. The van der Waals surface area contributed by atoms with Crippen LogP contribution < -0.4 is 10.2 Å². The molecule has 1 amide bonds. The molecule has 2 aliphatic heterocycles. The molecular weight excluding hydrogens is 324 g/mol. The first kappa shape index (κ1) is 15.6. The summed E-state index contributed by atoms with van der Waals surface area (Å²) in [6.45, 7) is 2.04. The quantitative estimate of drug-likeness (QED) is 0.885. The fourth-order valence-corrected chi connectivity index (χ4v) is 3.04. The van der Waals surface area contributed by atoms with Crippen molar-refractivity contribution in [3.8, 4) is 5.75 Å². The number of hydrazone groups is 1. The van der Waals surface area contributed by atoms with Crippen molar-refractivity contribution in [1.82, 2.24) is 25.8 Å². The number of hydrogen-bond donors (Lipinski definition) is 1. The molecule has 1 N–H and O–H groups in total. The molecule has 0 spiro atoms. The van der Waals surface area contributed by atoms with Crippen molar-refractivity contribution in [2.24, 2.45) is 5.10 Å². The first-order chi connectivity index (χ1) is 12.2. The Morgan fingerprint density at radius 2 is 2.12 bits per heavy atom. The largest absolute Gasteiger partial charge is 0.497 e. The Hall–Kier alpha value is -2.94. The number of methoxy groups -OCH3 is 1. The predicted octanol–water partition coefficient (Wildman–Crippen LogP) is 0.992. The molecule has 2 aliphatic rings. The molecular formula is C16H18N6O3. The second-order valence-corrected chi connectivity index (χ2v) is 6.04. The van der Waals surface area contributed by atoms with Crippen LogP contribution in [-0.4, -0.2) is 45.7 Å². The van der Waals surface area contributed by atoms with Crippen molar-refractivity contribution in [2.75, 3.05) is 7.11 Å². The van der Waals surface area contributed by atoms with E-state index in [9.17, 15) is 4.79 Å². The van der Waals surface area contributed by atoms with Crippen LogP contribution in [0.25, 0.3) is 0 Å². The number of fused-ring (bicyclic) bond motifs is 1. The average Bonchev–Trinajstić information content (AvgIpc) is 3.24. The lowest BCUT2D eigenvalue weighted by Crippen LogP contribution is -2.50. The van der Waals surface area contributed by atoms with Gasteiger partial charge in [-0.1, -0.05) is 22.4 Å². The highest BCUT2D eigenvalue weighted by Crippen LogP contribution is 2.30. The number of benzene rings is 1. The molecule has 1 aromatic heterocycles. The number of carbonyl (C=O) groups excluding carboxylic acids is 1. The fourth-order valence-electron chi connectivity index (χ4n) is 3.04. The van der Waals surface area contributed by atoms with Gasteiger partial charge in [0.2, 0.25) is 0 Å². The molecule has 3 heterocycles. The third-order valence-electron chi connectivity index (χ3n) is 4.52. The van der Waals surface area contributed by atoms with Crippen LogP contribution in [0.1, 0.15) is 29.4 Å². The molecule has 1 aromatic carbocycles.